The summed E-state index contributed by atoms with van der Waals surface area (Å²) in [5.74, 6) is -0.833. The first-order chi connectivity index (χ1) is 12.0. The predicted octanol–water partition coefficient (Wildman–Crippen LogP) is 2.39. The Bertz CT molecular complexity index is 799. The summed E-state index contributed by atoms with van der Waals surface area (Å²) in [4.78, 5) is 33.8. The van der Waals surface area contributed by atoms with Crippen LogP contribution in [0, 0.1) is 10.1 Å². The lowest BCUT2D eigenvalue weighted by Crippen LogP contribution is -2.33. The number of amides is 2. The molecular weight excluding hydrogens is 322 g/mol. The molecule has 0 saturated heterocycles. The van der Waals surface area contributed by atoms with Crippen molar-refractivity contribution in [3.63, 3.8) is 0 Å². The Morgan fingerprint density at radius 1 is 1.08 bits per heavy atom. The summed E-state index contributed by atoms with van der Waals surface area (Å²) >= 11 is 0. The van der Waals surface area contributed by atoms with Crippen LogP contribution in [-0.2, 0) is 16.1 Å². The third kappa shape index (κ3) is 5.58. The van der Waals surface area contributed by atoms with E-state index in [-0.39, 0.29) is 17.3 Å². The molecule has 0 aromatic heterocycles. The molecule has 0 unspecified atom stereocenters. The molecule has 0 saturated carbocycles. The van der Waals surface area contributed by atoms with Crippen LogP contribution in [0.15, 0.2) is 60.3 Å². The van der Waals surface area contributed by atoms with Crippen molar-refractivity contribution in [2.45, 2.75) is 13.5 Å². The van der Waals surface area contributed by atoms with Crippen LogP contribution >= 0.6 is 0 Å². The fourth-order valence-corrected chi connectivity index (χ4v) is 2.08. The third-order valence-electron chi connectivity index (χ3n) is 3.27. The van der Waals surface area contributed by atoms with Gasteiger partial charge in [-0.05, 0) is 29.3 Å². The number of nitro groups is 1. The molecule has 2 N–H and O–H groups in total. The van der Waals surface area contributed by atoms with Gasteiger partial charge in [0.15, 0.2) is 0 Å². The van der Waals surface area contributed by atoms with Gasteiger partial charge >= 0.3 is 0 Å². The quantitative estimate of drug-likeness (QED) is 0.479. The van der Waals surface area contributed by atoms with Crippen molar-refractivity contribution in [3.05, 3.63) is 81.5 Å². The van der Waals surface area contributed by atoms with Crippen LogP contribution in [0.4, 0.5) is 5.69 Å². The zero-order valence-electron chi connectivity index (χ0n) is 13.6. The lowest BCUT2D eigenvalue weighted by molar-refractivity contribution is -0.384. The smallest absolute Gasteiger partial charge is 0.269 e. The monoisotopic (exact) mass is 339 g/mol. The van der Waals surface area contributed by atoms with Crippen LogP contribution < -0.4 is 10.6 Å². The van der Waals surface area contributed by atoms with Gasteiger partial charge in [0, 0.05) is 25.6 Å². The van der Waals surface area contributed by atoms with Crippen LogP contribution in [0.1, 0.15) is 18.1 Å². The molecular formula is C18H17N3O4. The van der Waals surface area contributed by atoms with Crippen LogP contribution in [0.2, 0.25) is 0 Å². The van der Waals surface area contributed by atoms with E-state index in [1.165, 1.54) is 37.3 Å². The Morgan fingerprint density at radius 3 is 2.28 bits per heavy atom. The Kier molecular flexibility index (Phi) is 6.00. The average Bonchev–Trinajstić information content (AvgIpc) is 2.60. The molecule has 0 bridgehead atoms. The lowest BCUT2D eigenvalue weighted by atomic mass is 10.1. The molecule has 2 aromatic carbocycles. The number of carbonyl (C=O) groups is 2. The third-order valence-corrected chi connectivity index (χ3v) is 3.27. The molecule has 0 spiro atoms. The Hall–Kier alpha value is -3.48. The van der Waals surface area contributed by atoms with Crippen molar-refractivity contribution in [1.82, 2.24) is 10.6 Å². The highest BCUT2D eigenvalue weighted by atomic mass is 16.6. The number of hydrogen-bond acceptors (Lipinski definition) is 4. The Morgan fingerprint density at radius 2 is 1.72 bits per heavy atom. The SMILES string of the molecule is CC(=O)N/C(=C/c1ccc([N+](=O)[O-])cc1)C(=O)NCc1ccccc1. The number of nitrogens with zero attached hydrogens (tertiary/aromatic N) is 1. The fraction of sp³-hybridized carbons (Fsp3) is 0.111. The average molecular weight is 339 g/mol. The summed E-state index contributed by atoms with van der Waals surface area (Å²) in [5.41, 5.74) is 1.50. The van der Waals surface area contributed by atoms with Crippen LogP contribution in [0.3, 0.4) is 0 Å². The van der Waals surface area contributed by atoms with E-state index in [4.69, 9.17) is 0 Å². The van der Waals surface area contributed by atoms with Gasteiger partial charge in [0.05, 0.1) is 4.92 Å². The molecule has 2 aromatic rings. The zero-order chi connectivity index (χ0) is 18.2. The summed E-state index contributed by atoms with van der Waals surface area (Å²) in [6, 6.07) is 15.0. The van der Waals surface area contributed by atoms with Gasteiger partial charge in [-0.1, -0.05) is 30.3 Å². The molecule has 25 heavy (non-hydrogen) atoms. The normalized spacial score (nSPS) is 10.8. The van der Waals surface area contributed by atoms with Crippen LogP contribution in [0.5, 0.6) is 0 Å². The van der Waals surface area contributed by atoms with E-state index in [1.807, 2.05) is 30.3 Å². The highest BCUT2D eigenvalue weighted by Gasteiger charge is 2.11. The minimum absolute atomic E-state index is 0.0493. The molecule has 0 radical (unpaired) electrons. The molecule has 0 atom stereocenters. The van der Waals surface area contributed by atoms with E-state index in [0.717, 1.165) is 5.56 Å². The van der Waals surface area contributed by atoms with Gasteiger partial charge in [0.1, 0.15) is 5.70 Å². The number of rotatable bonds is 6. The molecule has 0 aliphatic heterocycles. The first-order valence-corrected chi connectivity index (χ1v) is 7.51. The maximum Gasteiger partial charge on any atom is 0.269 e. The number of benzene rings is 2. The topological polar surface area (TPSA) is 101 Å². The molecule has 0 heterocycles. The molecule has 7 nitrogen and oxygen atoms in total. The first kappa shape index (κ1) is 17.9. The predicted molar refractivity (Wildman–Crippen MR) is 93.2 cm³/mol. The van der Waals surface area contributed by atoms with E-state index in [1.54, 1.807) is 0 Å². The second-order valence-electron chi connectivity index (χ2n) is 5.26. The second kappa shape index (κ2) is 8.39. The molecule has 128 valence electrons. The van der Waals surface area contributed by atoms with Crippen molar-refractivity contribution in [2.24, 2.45) is 0 Å². The Balaban J connectivity index is 2.15. The number of hydrogen-bond donors (Lipinski definition) is 2. The van der Waals surface area contributed by atoms with E-state index >= 15 is 0 Å². The minimum atomic E-state index is -0.505. The van der Waals surface area contributed by atoms with E-state index in [9.17, 15) is 19.7 Å². The summed E-state index contributed by atoms with van der Waals surface area (Å²) in [6.07, 6.45) is 1.46. The van der Waals surface area contributed by atoms with E-state index < -0.39 is 10.8 Å². The number of non-ortho nitro benzene ring substituents is 1. The van der Waals surface area contributed by atoms with Crippen molar-refractivity contribution >= 4 is 23.6 Å². The van der Waals surface area contributed by atoms with E-state index in [0.29, 0.717) is 12.1 Å². The summed E-state index contributed by atoms with van der Waals surface area (Å²) in [7, 11) is 0. The number of nitro benzene ring substituents is 1. The standard InChI is InChI=1S/C18H17N3O4/c1-13(22)20-17(11-14-7-9-16(10-8-14)21(24)25)18(23)19-12-15-5-3-2-4-6-15/h2-11H,12H2,1H3,(H,19,23)(H,20,22)/b17-11+. The molecule has 2 rings (SSSR count). The van der Waals surface area contributed by atoms with Crippen molar-refractivity contribution in [3.8, 4) is 0 Å². The summed E-state index contributed by atoms with van der Waals surface area (Å²) in [5, 5.41) is 15.9. The second-order valence-corrected chi connectivity index (χ2v) is 5.26. The Labute approximate surface area is 144 Å². The largest absolute Gasteiger partial charge is 0.347 e. The van der Waals surface area contributed by atoms with Crippen molar-refractivity contribution in [1.29, 1.82) is 0 Å². The molecule has 2 amide bonds. The maximum atomic E-state index is 12.3. The van der Waals surface area contributed by atoms with Gasteiger partial charge in [0.25, 0.3) is 11.6 Å². The lowest BCUT2D eigenvalue weighted by Gasteiger charge is -2.10. The van der Waals surface area contributed by atoms with Gasteiger partial charge in [-0.2, -0.15) is 0 Å². The van der Waals surface area contributed by atoms with Gasteiger partial charge in [-0.25, -0.2) is 0 Å². The molecule has 0 aliphatic carbocycles. The molecule has 7 heteroatoms. The van der Waals surface area contributed by atoms with Crippen molar-refractivity contribution in [2.75, 3.05) is 0 Å². The summed E-state index contributed by atoms with van der Waals surface area (Å²) in [6.45, 7) is 1.62. The number of carbonyl (C=O) groups excluding carboxylic acids is 2. The molecule has 0 aliphatic rings. The zero-order valence-corrected chi connectivity index (χ0v) is 13.6. The van der Waals surface area contributed by atoms with Gasteiger partial charge < -0.3 is 10.6 Å². The van der Waals surface area contributed by atoms with Crippen molar-refractivity contribution < 1.29 is 14.5 Å². The van der Waals surface area contributed by atoms with Crippen LogP contribution in [0.25, 0.3) is 6.08 Å². The van der Waals surface area contributed by atoms with Gasteiger partial charge in [0.2, 0.25) is 5.91 Å². The summed E-state index contributed by atoms with van der Waals surface area (Å²) < 4.78 is 0. The highest BCUT2D eigenvalue weighted by molar-refractivity contribution is 6.00. The first-order valence-electron chi connectivity index (χ1n) is 7.51. The van der Waals surface area contributed by atoms with E-state index in [2.05, 4.69) is 10.6 Å². The van der Waals surface area contributed by atoms with Crippen LogP contribution in [-0.4, -0.2) is 16.7 Å². The maximum absolute atomic E-state index is 12.3. The highest BCUT2D eigenvalue weighted by Crippen LogP contribution is 2.14. The van der Waals surface area contributed by atoms with Gasteiger partial charge in [-0.3, -0.25) is 19.7 Å². The minimum Gasteiger partial charge on any atom is -0.347 e. The number of nitrogens with one attached hydrogen (secondary N) is 2. The van der Waals surface area contributed by atoms with Gasteiger partial charge in [-0.15, -0.1) is 0 Å². The molecule has 0 fully saturated rings. The fourth-order valence-electron chi connectivity index (χ4n) is 2.08.